The summed E-state index contributed by atoms with van der Waals surface area (Å²) in [5.41, 5.74) is 1.08. The molecular weight excluding hydrogens is 330 g/mol. The Labute approximate surface area is 140 Å². The molecule has 0 bridgehead atoms. The molecule has 7 nitrogen and oxygen atoms in total. The summed E-state index contributed by atoms with van der Waals surface area (Å²) in [6.45, 7) is 0.338. The lowest BCUT2D eigenvalue weighted by molar-refractivity contribution is -0.140. The van der Waals surface area contributed by atoms with Crippen LogP contribution in [-0.4, -0.2) is 31.1 Å². The van der Waals surface area contributed by atoms with Gasteiger partial charge in [0.1, 0.15) is 6.04 Å². The van der Waals surface area contributed by atoms with Gasteiger partial charge in [0.25, 0.3) is 5.56 Å². The van der Waals surface area contributed by atoms with Gasteiger partial charge < -0.3 is 10.4 Å². The molecule has 0 saturated heterocycles. The van der Waals surface area contributed by atoms with Gasteiger partial charge in [-0.1, -0.05) is 12.1 Å². The number of fused-ring (bicyclic) bond motifs is 1. The van der Waals surface area contributed by atoms with E-state index in [-0.39, 0.29) is 5.82 Å². The predicted molar refractivity (Wildman–Crippen MR) is 89.6 cm³/mol. The van der Waals surface area contributed by atoms with Crippen LogP contribution in [0, 0.1) is 0 Å². The van der Waals surface area contributed by atoms with Gasteiger partial charge in [-0.3, -0.25) is 13.6 Å². The molecule has 0 radical (unpaired) electrons. The first-order valence-corrected chi connectivity index (χ1v) is 9.02. The highest BCUT2D eigenvalue weighted by atomic mass is 32.2. The van der Waals surface area contributed by atoms with E-state index in [2.05, 4.69) is 10.3 Å². The number of hydrogen-bond acceptors (Lipinski definition) is 5. The van der Waals surface area contributed by atoms with Crippen molar-refractivity contribution in [3.8, 4) is 0 Å². The third-order valence-corrected chi connectivity index (χ3v) is 4.95. The van der Waals surface area contributed by atoms with Gasteiger partial charge in [0.15, 0.2) is 5.82 Å². The molecule has 0 spiro atoms. The predicted octanol–water partition coefficient (Wildman–Crippen LogP) is 1.16. The fraction of sp³-hybridized carbons (Fsp3) is 0.312. The number of aryl methyl sites for hydroxylation is 1. The zero-order valence-electron chi connectivity index (χ0n) is 13.1. The summed E-state index contributed by atoms with van der Waals surface area (Å²) in [7, 11) is -1.08. The summed E-state index contributed by atoms with van der Waals surface area (Å²) in [5.74, 6) is -0.888. The lowest BCUT2D eigenvalue weighted by atomic mass is 10.2. The molecule has 0 fully saturated rings. The maximum absolute atomic E-state index is 12.5. The number of nitrogens with zero attached hydrogens (tertiary/aromatic N) is 2. The van der Waals surface area contributed by atoms with E-state index in [0.29, 0.717) is 30.0 Å². The molecule has 1 aromatic carbocycles. The Morgan fingerprint density at radius 1 is 1.50 bits per heavy atom. The summed E-state index contributed by atoms with van der Waals surface area (Å²) in [5, 5.41) is 12.2. The number of aliphatic carboxylic acids is 1. The molecule has 1 aliphatic heterocycles. The monoisotopic (exact) mass is 347 g/mol. The van der Waals surface area contributed by atoms with Crippen LogP contribution in [0.4, 0.5) is 5.82 Å². The number of carboxylic acid groups (broad SMARTS) is 1. The van der Waals surface area contributed by atoms with Crippen molar-refractivity contribution in [2.45, 2.75) is 30.3 Å². The molecule has 2 aromatic rings. The van der Waals surface area contributed by atoms with E-state index in [9.17, 15) is 18.9 Å². The van der Waals surface area contributed by atoms with Gasteiger partial charge in [-0.25, -0.2) is 9.78 Å². The molecule has 0 saturated carbocycles. The van der Waals surface area contributed by atoms with Gasteiger partial charge in [-0.15, -0.1) is 0 Å². The Morgan fingerprint density at radius 3 is 3.00 bits per heavy atom. The minimum absolute atomic E-state index is 0.120. The Kier molecular flexibility index (Phi) is 4.48. The van der Waals surface area contributed by atoms with Crippen LogP contribution in [-0.2, 0) is 28.6 Å². The number of carboxylic acids is 1. The van der Waals surface area contributed by atoms with Gasteiger partial charge in [-0.05, 0) is 30.5 Å². The number of carbonyl (C=O) groups is 1. The van der Waals surface area contributed by atoms with Gasteiger partial charge in [0, 0.05) is 40.4 Å². The van der Waals surface area contributed by atoms with E-state index in [1.54, 1.807) is 30.7 Å². The van der Waals surface area contributed by atoms with Crippen molar-refractivity contribution < 1.29 is 14.1 Å². The van der Waals surface area contributed by atoms with Crippen molar-refractivity contribution in [3.63, 3.8) is 0 Å². The summed E-state index contributed by atoms with van der Waals surface area (Å²) in [6.07, 6.45) is 4.08. The second-order valence-corrected chi connectivity index (χ2v) is 7.00. The largest absolute Gasteiger partial charge is 0.480 e. The molecule has 8 heteroatoms. The smallest absolute Gasteiger partial charge is 0.326 e. The topological polar surface area (TPSA) is 101 Å². The normalized spacial score (nSPS) is 17.3. The van der Waals surface area contributed by atoms with E-state index in [1.807, 2.05) is 6.07 Å². The minimum Gasteiger partial charge on any atom is -0.480 e. The molecule has 1 aliphatic rings. The van der Waals surface area contributed by atoms with Crippen LogP contribution in [0.2, 0.25) is 0 Å². The van der Waals surface area contributed by atoms with E-state index in [4.69, 9.17) is 0 Å². The number of rotatable bonds is 5. The number of nitrogens with one attached hydrogen (secondary N) is 1. The van der Waals surface area contributed by atoms with Gasteiger partial charge >= 0.3 is 5.97 Å². The molecule has 1 aromatic heterocycles. The van der Waals surface area contributed by atoms with Crippen molar-refractivity contribution in [1.29, 1.82) is 0 Å². The SMILES string of the molecule is CS(=O)c1cccc(CNc2ncc3n(c2=O)C(C(=O)O)CC3)c1. The van der Waals surface area contributed by atoms with Crippen LogP contribution in [0.3, 0.4) is 0 Å². The first-order chi connectivity index (χ1) is 11.5. The Hall–Kier alpha value is -2.48. The third-order valence-electron chi connectivity index (χ3n) is 4.03. The zero-order valence-corrected chi connectivity index (χ0v) is 13.9. The van der Waals surface area contributed by atoms with Gasteiger partial charge in [0.2, 0.25) is 0 Å². The molecule has 126 valence electrons. The second kappa shape index (κ2) is 6.56. The standard InChI is InChI=1S/C16H17N3O4S/c1-24(23)12-4-2-3-10(7-12)8-17-14-15(20)19-11(9-18-14)5-6-13(19)16(21)22/h2-4,7,9,13H,5-6,8H2,1H3,(H,17,18)(H,21,22). The van der Waals surface area contributed by atoms with Crippen molar-refractivity contribution in [3.05, 3.63) is 52.1 Å². The van der Waals surface area contributed by atoms with Gasteiger partial charge in [0.05, 0.1) is 0 Å². The van der Waals surface area contributed by atoms with Crippen LogP contribution >= 0.6 is 0 Å². The van der Waals surface area contributed by atoms with E-state index < -0.39 is 28.4 Å². The maximum Gasteiger partial charge on any atom is 0.326 e. The van der Waals surface area contributed by atoms with Gasteiger partial charge in [-0.2, -0.15) is 0 Å². The third kappa shape index (κ3) is 3.09. The number of anilines is 1. The quantitative estimate of drug-likeness (QED) is 0.842. The number of benzene rings is 1. The Balaban J connectivity index is 1.83. The van der Waals surface area contributed by atoms with Crippen LogP contribution in [0.5, 0.6) is 0 Å². The molecule has 0 amide bonds. The Morgan fingerprint density at radius 2 is 2.29 bits per heavy atom. The maximum atomic E-state index is 12.5. The molecular formula is C16H17N3O4S. The van der Waals surface area contributed by atoms with Crippen LogP contribution in [0.1, 0.15) is 23.7 Å². The fourth-order valence-electron chi connectivity index (χ4n) is 2.82. The van der Waals surface area contributed by atoms with Crippen LogP contribution in [0.25, 0.3) is 0 Å². The molecule has 2 unspecified atom stereocenters. The van der Waals surface area contributed by atoms with E-state index >= 15 is 0 Å². The lowest BCUT2D eigenvalue weighted by Crippen LogP contribution is -2.30. The van der Waals surface area contributed by atoms with Crippen molar-refractivity contribution in [2.75, 3.05) is 11.6 Å². The Bertz CT molecular complexity index is 878. The minimum atomic E-state index is -1.08. The molecule has 2 atom stereocenters. The highest BCUT2D eigenvalue weighted by molar-refractivity contribution is 7.84. The molecule has 0 aliphatic carbocycles. The fourth-order valence-corrected chi connectivity index (χ4v) is 3.40. The van der Waals surface area contributed by atoms with Crippen LogP contribution < -0.4 is 10.9 Å². The first-order valence-electron chi connectivity index (χ1n) is 7.47. The summed E-state index contributed by atoms with van der Waals surface area (Å²) in [6, 6.07) is 6.40. The van der Waals surface area contributed by atoms with Crippen molar-refractivity contribution >= 4 is 22.6 Å². The zero-order chi connectivity index (χ0) is 17.3. The summed E-state index contributed by atoms with van der Waals surface area (Å²) < 4.78 is 12.8. The molecule has 3 rings (SSSR count). The summed E-state index contributed by atoms with van der Waals surface area (Å²) in [4.78, 5) is 28.6. The highest BCUT2D eigenvalue weighted by Crippen LogP contribution is 2.23. The second-order valence-electron chi connectivity index (χ2n) is 5.62. The van der Waals surface area contributed by atoms with Crippen molar-refractivity contribution in [1.82, 2.24) is 9.55 Å². The molecule has 2 N–H and O–H groups in total. The average Bonchev–Trinajstić information content (AvgIpc) is 2.99. The average molecular weight is 347 g/mol. The number of aromatic nitrogens is 2. The van der Waals surface area contributed by atoms with E-state index in [1.165, 1.54) is 4.57 Å². The van der Waals surface area contributed by atoms with Crippen LogP contribution in [0.15, 0.2) is 40.2 Å². The number of hydrogen-bond donors (Lipinski definition) is 2. The lowest BCUT2D eigenvalue weighted by Gasteiger charge is -2.12. The summed E-state index contributed by atoms with van der Waals surface area (Å²) >= 11 is 0. The molecule has 2 heterocycles. The van der Waals surface area contributed by atoms with E-state index in [0.717, 1.165) is 5.56 Å². The van der Waals surface area contributed by atoms with Crippen molar-refractivity contribution in [2.24, 2.45) is 0 Å². The first kappa shape index (κ1) is 16.4. The highest BCUT2D eigenvalue weighted by Gasteiger charge is 2.30. The molecule has 24 heavy (non-hydrogen) atoms.